The van der Waals surface area contributed by atoms with Crippen molar-refractivity contribution in [3.05, 3.63) is 18.2 Å². The molecule has 90 valence electrons. The van der Waals surface area contributed by atoms with E-state index in [2.05, 4.69) is 41.8 Å². The molecule has 2 rings (SSSR count). The smallest absolute Gasteiger partial charge is 0.112 e. The topological polar surface area (TPSA) is 29.9 Å². The minimum absolute atomic E-state index is 0.590. The highest BCUT2D eigenvalue weighted by Crippen LogP contribution is 2.41. The van der Waals surface area contributed by atoms with Gasteiger partial charge in [-0.1, -0.05) is 13.8 Å². The monoisotopic (exact) mass is 221 g/mol. The first kappa shape index (κ1) is 11.6. The standard InChI is InChI=1S/C13H23N3/c1-4-16-8-7-14-13(16)12-6-5-11(12)9-15-10(2)3/h7-8,10-12,15H,4-6,9H2,1-3H3. The molecule has 0 aromatic carbocycles. The van der Waals surface area contributed by atoms with Gasteiger partial charge in [-0.05, 0) is 32.2 Å². The van der Waals surface area contributed by atoms with E-state index in [4.69, 9.17) is 0 Å². The zero-order valence-electron chi connectivity index (χ0n) is 10.6. The van der Waals surface area contributed by atoms with E-state index in [-0.39, 0.29) is 0 Å². The van der Waals surface area contributed by atoms with E-state index in [1.54, 1.807) is 0 Å². The molecule has 3 nitrogen and oxygen atoms in total. The third-order valence-electron chi connectivity index (χ3n) is 3.63. The molecule has 1 aromatic heterocycles. The zero-order chi connectivity index (χ0) is 11.5. The number of imidazole rings is 1. The average Bonchev–Trinajstić information content (AvgIpc) is 2.63. The Morgan fingerprint density at radius 2 is 2.31 bits per heavy atom. The summed E-state index contributed by atoms with van der Waals surface area (Å²) < 4.78 is 2.28. The third-order valence-corrected chi connectivity index (χ3v) is 3.63. The SMILES string of the molecule is CCn1ccnc1C1CCC1CNC(C)C. The van der Waals surface area contributed by atoms with E-state index in [1.165, 1.54) is 18.7 Å². The number of hydrogen-bond donors (Lipinski definition) is 1. The predicted octanol–water partition coefficient (Wildman–Crippen LogP) is 2.39. The maximum atomic E-state index is 4.52. The van der Waals surface area contributed by atoms with Crippen LogP contribution in [0.5, 0.6) is 0 Å². The molecule has 1 fully saturated rings. The molecule has 0 saturated heterocycles. The fraction of sp³-hybridized carbons (Fsp3) is 0.769. The first-order valence-corrected chi connectivity index (χ1v) is 6.46. The second-order valence-corrected chi connectivity index (χ2v) is 5.08. The van der Waals surface area contributed by atoms with Gasteiger partial charge in [-0.2, -0.15) is 0 Å². The van der Waals surface area contributed by atoms with Crippen molar-refractivity contribution < 1.29 is 0 Å². The second kappa shape index (κ2) is 5.00. The van der Waals surface area contributed by atoms with Crippen LogP contribution in [0.1, 0.15) is 45.4 Å². The Kier molecular flexibility index (Phi) is 3.64. The normalized spacial score (nSPS) is 24.8. The lowest BCUT2D eigenvalue weighted by molar-refractivity contribution is 0.227. The van der Waals surface area contributed by atoms with E-state index >= 15 is 0 Å². The van der Waals surface area contributed by atoms with Crippen LogP contribution in [-0.2, 0) is 6.54 Å². The molecule has 1 aromatic rings. The van der Waals surface area contributed by atoms with Crippen molar-refractivity contribution in [2.24, 2.45) is 5.92 Å². The van der Waals surface area contributed by atoms with Gasteiger partial charge in [-0.15, -0.1) is 0 Å². The van der Waals surface area contributed by atoms with Crippen LogP contribution in [0.4, 0.5) is 0 Å². The molecule has 1 aliphatic rings. The molecule has 3 heteroatoms. The van der Waals surface area contributed by atoms with Crippen molar-refractivity contribution in [1.82, 2.24) is 14.9 Å². The number of aromatic nitrogens is 2. The Bertz CT molecular complexity index is 330. The van der Waals surface area contributed by atoms with E-state index in [0.717, 1.165) is 19.0 Å². The van der Waals surface area contributed by atoms with Crippen LogP contribution < -0.4 is 5.32 Å². The number of hydrogen-bond acceptors (Lipinski definition) is 2. The van der Waals surface area contributed by atoms with Crippen molar-refractivity contribution in [2.75, 3.05) is 6.54 Å². The molecule has 2 unspecified atom stereocenters. The third kappa shape index (κ3) is 2.29. The van der Waals surface area contributed by atoms with E-state index < -0.39 is 0 Å². The summed E-state index contributed by atoms with van der Waals surface area (Å²) in [5.41, 5.74) is 0. The van der Waals surface area contributed by atoms with Gasteiger partial charge in [0.05, 0.1) is 0 Å². The Hall–Kier alpha value is -0.830. The van der Waals surface area contributed by atoms with Crippen molar-refractivity contribution >= 4 is 0 Å². The van der Waals surface area contributed by atoms with Gasteiger partial charge in [-0.25, -0.2) is 4.98 Å². The predicted molar refractivity (Wildman–Crippen MR) is 66.5 cm³/mol. The van der Waals surface area contributed by atoms with Crippen molar-refractivity contribution in [3.8, 4) is 0 Å². The van der Waals surface area contributed by atoms with Gasteiger partial charge in [0.1, 0.15) is 5.82 Å². The quantitative estimate of drug-likeness (QED) is 0.827. The number of nitrogens with one attached hydrogen (secondary N) is 1. The van der Waals surface area contributed by atoms with Crippen LogP contribution in [0.25, 0.3) is 0 Å². The maximum Gasteiger partial charge on any atom is 0.112 e. The summed E-state index contributed by atoms with van der Waals surface area (Å²) in [5, 5.41) is 3.54. The van der Waals surface area contributed by atoms with Crippen LogP contribution in [0, 0.1) is 5.92 Å². The highest BCUT2D eigenvalue weighted by Gasteiger charge is 2.34. The first-order chi connectivity index (χ1) is 7.72. The number of rotatable bonds is 5. The van der Waals surface area contributed by atoms with Crippen molar-refractivity contribution in [1.29, 1.82) is 0 Å². The second-order valence-electron chi connectivity index (χ2n) is 5.08. The Morgan fingerprint density at radius 3 is 2.88 bits per heavy atom. The molecular formula is C13H23N3. The summed E-state index contributed by atoms with van der Waals surface area (Å²) in [5.74, 6) is 2.76. The summed E-state index contributed by atoms with van der Waals surface area (Å²) in [7, 11) is 0. The molecule has 1 aliphatic carbocycles. The maximum absolute atomic E-state index is 4.52. The summed E-state index contributed by atoms with van der Waals surface area (Å²) in [6.45, 7) is 8.78. The van der Waals surface area contributed by atoms with Crippen LogP contribution in [0.3, 0.4) is 0 Å². The molecule has 0 amide bonds. The average molecular weight is 221 g/mol. The first-order valence-electron chi connectivity index (χ1n) is 6.46. The summed E-state index contributed by atoms with van der Waals surface area (Å²) >= 11 is 0. The van der Waals surface area contributed by atoms with Gasteiger partial charge in [0, 0.05) is 30.9 Å². The largest absolute Gasteiger partial charge is 0.335 e. The minimum Gasteiger partial charge on any atom is -0.335 e. The molecule has 1 N–H and O–H groups in total. The van der Waals surface area contributed by atoms with Gasteiger partial charge in [-0.3, -0.25) is 0 Å². The van der Waals surface area contributed by atoms with Crippen molar-refractivity contribution in [2.45, 2.75) is 52.1 Å². The van der Waals surface area contributed by atoms with Crippen LogP contribution >= 0.6 is 0 Å². The van der Waals surface area contributed by atoms with E-state index in [1.807, 2.05) is 6.20 Å². The van der Waals surface area contributed by atoms with E-state index in [9.17, 15) is 0 Å². The molecule has 0 radical (unpaired) electrons. The summed E-state index contributed by atoms with van der Waals surface area (Å²) in [6.07, 6.45) is 6.69. The molecule has 1 heterocycles. The van der Waals surface area contributed by atoms with Gasteiger partial charge in [0.2, 0.25) is 0 Å². The lowest BCUT2D eigenvalue weighted by atomic mass is 9.73. The highest BCUT2D eigenvalue weighted by atomic mass is 15.1. The van der Waals surface area contributed by atoms with Crippen LogP contribution in [-0.4, -0.2) is 22.1 Å². The van der Waals surface area contributed by atoms with Gasteiger partial charge < -0.3 is 9.88 Å². The Labute approximate surface area is 98.3 Å². The molecule has 0 spiro atoms. The fourth-order valence-electron chi connectivity index (χ4n) is 2.46. The Morgan fingerprint density at radius 1 is 1.50 bits per heavy atom. The molecule has 1 saturated carbocycles. The van der Waals surface area contributed by atoms with Crippen LogP contribution in [0.15, 0.2) is 12.4 Å². The van der Waals surface area contributed by atoms with Gasteiger partial charge in [0.15, 0.2) is 0 Å². The minimum atomic E-state index is 0.590. The molecule has 16 heavy (non-hydrogen) atoms. The molecular weight excluding hydrogens is 198 g/mol. The highest BCUT2D eigenvalue weighted by molar-refractivity contribution is 5.08. The zero-order valence-corrected chi connectivity index (χ0v) is 10.6. The number of nitrogens with zero attached hydrogens (tertiary/aromatic N) is 2. The van der Waals surface area contributed by atoms with Gasteiger partial charge >= 0.3 is 0 Å². The lowest BCUT2D eigenvalue weighted by Gasteiger charge is -2.37. The fourth-order valence-corrected chi connectivity index (χ4v) is 2.46. The Balaban J connectivity index is 1.95. The van der Waals surface area contributed by atoms with Crippen molar-refractivity contribution in [3.63, 3.8) is 0 Å². The van der Waals surface area contributed by atoms with Crippen LogP contribution in [0.2, 0.25) is 0 Å². The van der Waals surface area contributed by atoms with Gasteiger partial charge in [0.25, 0.3) is 0 Å². The molecule has 0 aliphatic heterocycles. The lowest BCUT2D eigenvalue weighted by Crippen LogP contribution is -2.37. The molecule has 2 atom stereocenters. The number of aryl methyl sites for hydroxylation is 1. The summed E-state index contributed by atoms with van der Waals surface area (Å²) in [6, 6.07) is 0.590. The van der Waals surface area contributed by atoms with E-state index in [0.29, 0.717) is 12.0 Å². The summed E-state index contributed by atoms with van der Waals surface area (Å²) in [4.78, 5) is 4.52. The molecule has 0 bridgehead atoms.